The van der Waals surface area contributed by atoms with Crippen molar-refractivity contribution < 1.29 is 4.79 Å². The van der Waals surface area contributed by atoms with Crippen LogP contribution >= 0.6 is 23.1 Å². The third kappa shape index (κ3) is 2.32. The summed E-state index contributed by atoms with van der Waals surface area (Å²) in [6, 6.07) is 8.24. The number of thiazole rings is 1. The number of carbonyl (C=O) groups excluding carboxylic acids is 1. The van der Waals surface area contributed by atoms with Crippen LogP contribution in [0.3, 0.4) is 0 Å². The molecule has 4 nitrogen and oxygen atoms in total. The fourth-order valence-corrected chi connectivity index (χ4v) is 3.59. The fourth-order valence-electron chi connectivity index (χ4n) is 1.85. The van der Waals surface area contributed by atoms with Gasteiger partial charge in [-0.2, -0.15) is 0 Å². The number of imidazole rings is 1. The molecule has 1 aromatic carbocycles. The monoisotopic (exact) mass is 303 g/mol. The maximum absolute atomic E-state index is 12.0. The number of nitrogens with one attached hydrogen (secondary N) is 1. The van der Waals surface area contributed by atoms with E-state index < -0.39 is 0 Å². The Bertz CT molecular complexity index is 758. The first-order valence-electron chi connectivity index (χ1n) is 6.11. The Kier molecular flexibility index (Phi) is 3.50. The topological polar surface area (TPSA) is 46.4 Å². The van der Waals surface area contributed by atoms with Gasteiger partial charge in [0.05, 0.1) is 0 Å². The van der Waals surface area contributed by atoms with E-state index in [0.717, 1.165) is 14.9 Å². The van der Waals surface area contributed by atoms with Crippen LogP contribution in [-0.2, 0) is 0 Å². The van der Waals surface area contributed by atoms with E-state index in [4.69, 9.17) is 0 Å². The molecule has 0 unspecified atom stereocenters. The van der Waals surface area contributed by atoms with Crippen molar-refractivity contribution in [3.63, 3.8) is 0 Å². The highest BCUT2D eigenvalue weighted by Crippen LogP contribution is 2.32. The van der Waals surface area contributed by atoms with Gasteiger partial charge in [-0.05, 0) is 19.1 Å². The predicted molar refractivity (Wildman–Crippen MR) is 81.8 cm³/mol. The molecule has 6 heteroatoms. The van der Waals surface area contributed by atoms with Crippen LogP contribution in [-0.4, -0.2) is 22.3 Å². The van der Waals surface area contributed by atoms with E-state index in [1.165, 1.54) is 16.9 Å². The van der Waals surface area contributed by atoms with Gasteiger partial charge in [0, 0.05) is 23.5 Å². The molecule has 20 heavy (non-hydrogen) atoms. The third-order valence-electron chi connectivity index (χ3n) is 2.90. The number of hydrogen-bond acceptors (Lipinski definition) is 4. The minimum Gasteiger partial charge on any atom is -0.354 e. The van der Waals surface area contributed by atoms with Gasteiger partial charge < -0.3 is 5.32 Å². The highest BCUT2D eigenvalue weighted by Gasteiger charge is 2.19. The number of carbonyl (C=O) groups is 1. The van der Waals surface area contributed by atoms with Gasteiger partial charge in [-0.3, -0.25) is 9.20 Å². The van der Waals surface area contributed by atoms with Gasteiger partial charge >= 0.3 is 0 Å². The number of hydrogen-bond donors (Lipinski definition) is 1. The predicted octanol–water partition coefficient (Wildman–Crippen LogP) is 3.22. The molecule has 0 saturated carbocycles. The maximum atomic E-state index is 12.0. The summed E-state index contributed by atoms with van der Waals surface area (Å²) in [6.45, 7) is 2.06. The molecule has 0 saturated heterocycles. The van der Waals surface area contributed by atoms with E-state index in [2.05, 4.69) is 41.5 Å². The third-order valence-corrected chi connectivity index (χ3v) is 4.74. The fraction of sp³-hybridized carbons (Fsp3) is 0.143. The number of fused-ring (bicyclic) bond motifs is 1. The first-order chi connectivity index (χ1) is 9.69. The molecule has 3 rings (SSSR count). The van der Waals surface area contributed by atoms with E-state index in [1.807, 2.05) is 16.0 Å². The number of amides is 1. The van der Waals surface area contributed by atoms with Crippen molar-refractivity contribution in [1.29, 1.82) is 0 Å². The molecule has 0 aliphatic rings. The molecule has 0 aliphatic heterocycles. The molecule has 0 radical (unpaired) electrons. The first-order valence-corrected chi connectivity index (χ1v) is 7.81. The van der Waals surface area contributed by atoms with E-state index in [-0.39, 0.29) is 5.91 Å². The zero-order valence-corrected chi connectivity index (χ0v) is 12.7. The molecule has 2 aromatic heterocycles. The molecule has 0 aliphatic carbocycles. The van der Waals surface area contributed by atoms with Crippen LogP contribution in [0, 0.1) is 6.92 Å². The second-order valence-corrected chi connectivity index (χ2v) is 6.25. The van der Waals surface area contributed by atoms with Crippen LogP contribution in [0.15, 0.2) is 45.8 Å². The highest BCUT2D eigenvalue weighted by molar-refractivity contribution is 7.99. The van der Waals surface area contributed by atoms with Crippen LogP contribution in [0.4, 0.5) is 0 Å². The number of aryl methyl sites for hydroxylation is 1. The lowest BCUT2D eigenvalue weighted by molar-refractivity contribution is 0.0955. The average molecular weight is 303 g/mol. The maximum Gasteiger partial charge on any atom is 0.272 e. The number of benzene rings is 1. The minimum absolute atomic E-state index is 0.157. The van der Waals surface area contributed by atoms with E-state index >= 15 is 0 Å². The molecule has 1 amide bonds. The zero-order chi connectivity index (χ0) is 14.1. The number of nitrogens with zero attached hydrogens (tertiary/aromatic N) is 2. The summed E-state index contributed by atoms with van der Waals surface area (Å²) in [7, 11) is 1.62. The molecular formula is C14H13N3OS2. The van der Waals surface area contributed by atoms with Crippen molar-refractivity contribution in [2.24, 2.45) is 0 Å². The van der Waals surface area contributed by atoms with Crippen molar-refractivity contribution in [2.45, 2.75) is 16.8 Å². The summed E-state index contributed by atoms with van der Waals surface area (Å²) in [4.78, 5) is 18.3. The molecule has 3 aromatic rings. The molecule has 2 heterocycles. The lowest BCUT2D eigenvalue weighted by atomic mass is 10.2. The SMILES string of the molecule is CNC(=O)c1nc2sccn2c1Sc1ccc(C)cc1. The minimum atomic E-state index is -0.157. The quantitative estimate of drug-likeness (QED) is 0.808. The Morgan fingerprint density at radius 1 is 1.35 bits per heavy atom. The molecular weight excluding hydrogens is 290 g/mol. The van der Waals surface area contributed by atoms with Crippen molar-refractivity contribution in [3.05, 3.63) is 47.1 Å². The Morgan fingerprint density at radius 2 is 2.10 bits per heavy atom. The van der Waals surface area contributed by atoms with Gasteiger partial charge in [0.1, 0.15) is 5.03 Å². The van der Waals surface area contributed by atoms with Crippen molar-refractivity contribution in [3.8, 4) is 0 Å². The van der Waals surface area contributed by atoms with Gasteiger partial charge in [-0.15, -0.1) is 11.3 Å². The highest BCUT2D eigenvalue weighted by atomic mass is 32.2. The Balaban J connectivity index is 2.06. The lowest BCUT2D eigenvalue weighted by Crippen LogP contribution is -2.19. The summed E-state index contributed by atoms with van der Waals surface area (Å²) >= 11 is 3.08. The van der Waals surface area contributed by atoms with Crippen molar-refractivity contribution in [2.75, 3.05) is 7.05 Å². The molecule has 0 spiro atoms. The number of aromatic nitrogens is 2. The molecule has 0 fully saturated rings. The summed E-state index contributed by atoms with van der Waals surface area (Å²) in [5.41, 5.74) is 1.69. The zero-order valence-electron chi connectivity index (χ0n) is 11.1. The van der Waals surface area contributed by atoms with Gasteiger partial charge in [-0.25, -0.2) is 4.98 Å². The molecule has 1 N–H and O–H groups in total. The van der Waals surface area contributed by atoms with Gasteiger partial charge in [0.25, 0.3) is 5.91 Å². The second kappa shape index (κ2) is 5.30. The van der Waals surface area contributed by atoms with Gasteiger partial charge in [-0.1, -0.05) is 29.5 Å². The standard InChI is InChI=1S/C14H13N3OS2/c1-9-3-5-10(6-4-9)20-13-11(12(18)15-2)16-14-17(13)7-8-19-14/h3-8H,1-2H3,(H,15,18). The normalized spacial score (nSPS) is 10.9. The average Bonchev–Trinajstić information content (AvgIpc) is 3.03. The molecule has 0 bridgehead atoms. The Labute approximate surface area is 124 Å². The largest absolute Gasteiger partial charge is 0.354 e. The van der Waals surface area contributed by atoms with Gasteiger partial charge in [0.15, 0.2) is 10.7 Å². The summed E-state index contributed by atoms with van der Waals surface area (Å²) in [5, 5.41) is 5.46. The van der Waals surface area contributed by atoms with Crippen molar-refractivity contribution in [1.82, 2.24) is 14.7 Å². The van der Waals surface area contributed by atoms with E-state index in [1.54, 1.807) is 18.8 Å². The lowest BCUT2D eigenvalue weighted by Gasteiger charge is -2.03. The second-order valence-electron chi connectivity index (χ2n) is 4.32. The first kappa shape index (κ1) is 13.2. The molecule has 102 valence electrons. The molecule has 0 atom stereocenters. The van der Waals surface area contributed by atoms with E-state index in [9.17, 15) is 4.79 Å². The Hall–Kier alpha value is -1.79. The van der Waals surface area contributed by atoms with E-state index in [0.29, 0.717) is 5.69 Å². The van der Waals surface area contributed by atoms with Crippen LogP contribution in [0.25, 0.3) is 4.96 Å². The van der Waals surface area contributed by atoms with Crippen LogP contribution in [0.5, 0.6) is 0 Å². The van der Waals surface area contributed by atoms with Gasteiger partial charge in [0.2, 0.25) is 0 Å². The van der Waals surface area contributed by atoms with Crippen LogP contribution in [0.1, 0.15) is 16.1 Å². The summed E-state index contributed by atoms with van der Waals surface area (Å²) < 4.78 is 1.96. The smallest absolute Gasteiger partial charge is 0.272 e. The van der Waals surface area contributed by atoms with Crippen molar-refractivity contribution >= 4 is 34.0 Å². The Morgan fingerprint density at radius 3 is 2.80 bits per heavy atom. The summed E-state index contributed by atoms with van der Waals surface area (Å²) in [5.74, 6) is -0.157. The number of rotatable bonds is 3. The summed E-state index contributed by atoms with van der Waals surface area (Å²) in [6.07, 6.45) is 1.94. The van der Waals surface area contributed by atoms with Crippen LogP contribution < -0.4 is 5.32 Å². The van der Waals surface area contributed by atoms with Crippen LogP contribution in [0.2, 0.25) is 0 Å².